The van der Waals surface area contributed by atoms with Crippen molar-refractivity contribution in [3.63, 3.8) is 0 Å². The zero-order valence-corrected chi connectivity index (χ0v) is 17.5. The summed E-state index contributed by atoms with van der Waals surface area (Å²) in [5, 5.41) is 2.45. The van der Waals surface area contributed by atoms with Crippen LogP contribution in [0.5, 0.6) is 0 Å². The first-order valence-corrected chi connectivity index (χ1v) is 11.1. The van der Waals surface area contributed by atoms with Crippen LogP contribution in [0.15, 0.2) is 52.3 Å². The van der Waals surface area contributed by atoms with E-state index in [4.69, 9.17) is 0 Å². The average Bonchev–Trinajstić information content (AvgIpc) is 2.69. The van der Waals surface area contributed by atoms with Crippen LogP contribution in [0.3, 0.4) is 0 Å². The molecule has 2 aromatic rings. The molecule has 3 rings (SSSR count). The van der Waals surface area contributed by atoms with Gasteiger partial charge >= 0.3 is 6.18 Å². The number of benzene rings is 1. The van der Waals surface area contributed by atoms with E-state index in [2.05, 4.69) is 12.2 Å². The average molecular weight is 457 g/mol. The van der Waals surface area contributed by atoms with Gasteiger partial charge in [-0.05, 0) is 55.2 Å². The first-order chi connectivity index (χ1) is 14.5. The number of aromatic nitrogens is 1. The molecule has 1 aliphatic heterocycles. The number of hydrogen-bond acceptors (Lipinski definition) is 4. The van der Waals surface area contributed by atoms with Gasteiger partial charge in [0.05, 0.1) is 4.90 Å². The number of halogens is 3. The fraction of sp³-hybridized carbons (Fsp3) is 0.400. The fourth-order valence-electron chi connectivity index (χ4n) is 3.32. The highest BCUT2D eigenvalue weighted by atomic mass is 32.2. The molecule has 0 unspecified atom stereocenters. The molecule has 1 aromatic carbocycles. The number of carbonyl (C=O) groups is 1. The van der Waals surface area contributed by atoms with Crippen LogP contribution >= 0.6 is 0 Å². The minimum absolute atomic E-state index is 0.0918. The highest BCUT2D eigenvalue weighted by Crippen LogP contribution is 2.26. The Labute approximate surface area is 177 Å². The van der Waals surface area contributed by atoms with Crippen LogP contribution in [0.4, 0.5) is 18.9 Å². The molecule has 1 N–H and O–H groups in total. The van der Waals surface area contributed by atoms with Gasteiger partial charge in [0.25, 0.3) is 5.56 Å². The monoisotopic (exact) mass is 457 g/mol. The second-order valence-electron chi connectivity index (χ2n) is 7.51. The van der Waals surface area contributed by atoms with E-state index >= 15 is 0 Å². The lowest BCUT2D eigenvalue weighted by Gasteiger charge is -2.29. The molecule has 1 amide bonds. The van der Waals surface area contributed by atoms with E-state index in [1.54, 1.807) is 0 Å². The van der Waals surface area contributed by atoms with Gasteiger partial charge in [-0.1, -0.05) is 6.92 Å². The summed E-state index contributed by atoms with van der Waals surface area (Å²) < 4.78 is 66.1. The van der Waals surface area contributed by atoms with Crippen molar-refractivity contribution in [1.82, 2.24) is 8.87 Å². The SMILES string of the molecule is CC1CCN(S(=O)(=O)c2ccc(NC(=O)Cn3cccc(C(F)(F)F)c3=O)cc2)CC1. The third-order valence-corrected chi connectivity index (χ3v) is 7.07. The summed E-state index contributed by atoms with van der Waals surface area (Å²) in [4.78, 5) is 24.2. The number of sulfonamides is 1. The molecule has 2 heterocycles. The number of rotatable bonds is 5. The van der Waals surface area contributed by atoms with Crippen LogP contribution in [0.1, 0.15) is 25.3 Å². The lowest BCUT2D eigenvalue weighted by atomic mass is 10.0. The number of anilines is 1. The first-order valence-electron chi connectivity index (χ1n) is 9.65. The molecule has 0 saturated carbocycles. The van der Waals surface area contributed by atoms with Crippen molar-refractivity contribution in [3.05, 3.63) is 58.5 Å². The molecule has 168 valence electrons. The summed E-state index contributed by atoms with van der Waals surface area (Å²) in [6.07, 6.45) is -2.14. The standard InChI is InChI=1S/C20H22F3N3O4S/c1-14-8-11-26(12-9-14)31(29,30)16-6-4-15(5-7-16)24-18(27)13-25-10-2-3-17(19(25)28)20(21,22)23/h2-7,10,14H,8-9,11-13H2,1H3,(H,24,27). The Bertz CT molecular complexity index is 1100. The smallest absolute Gasteiger partial charge is 0.325 e. The number of alkyl halides is 3. The largest absolute Gasteiger partial charge is 0.421 e. The van der Waals surface area contributed by atoms with Gasteiger partial charge in [0.2, 0.25) is 15.9 Å². The van der Waals surface area contributed by atoms with Crippen LogP contribution in [0, 0.1) is 5.92 Å². The number of nitrogens with zero attached hydrogens (tertiary/aromatic N) is 2. The summed E-state index contributed by atoms with van der Waals surface area (Å²) >= 11 is 0. The predicted octanol–water partition coefficient (Wildman–Crippen LogP) is 2.93. The minimum atomic E-state index is -4.82. The van der Waals surface area contributed by atoms with Crippen molar-refractivity contribution in [2.24, 2.45) is 5.92 Å². The Balaban J connectivity index is 1.68. The molecule has 0 aliphatic carbocycles. The third-order valence-electron chi connectivity index (χ3n) is 5.16. The Kier molecular flexibility index (Phi) is 6.56. The Hall–Kier alpha value is -2.66. The molecule has 1 aliphatic rings. The third kappa shape index (κ3) is 5.34. The fourth-order valence-corrected chi connectivity index (χ4v) is 4.79. The van der Waals surface area contributed by atoms with Gasteiger partial charge in [-0.3, -0.25) is 9.59 Å². The molecular weight excluding hydrogens is 435 g/mol. The Morgan fingerprint density at radius 3 is 2.32 bits per heavy atom. The summed E-state index contributed by atoms with van der Waals surface area (Å²) in [5.74, 6) is -0.240. The van der Waals surface area contributed by atoms with E-state index in [-0.39, 0.29) is 10.6 Å². The van der Waals surface area contributed by atoms with E-state index in [0.717, 1.165) is 25.1 Å². The summed E-state index contributed by atoms with van der Waals surface area (Å²) in [5.41, 5.74) is -2.41. The van der Waals surface area contributed by atoms with E-state index in [0.29, 0.717) is 29.6 Å². The van der Waals surface area contributed by atoms with Gasteiger partial charge in [-0.15, -0.1) is 0 Å². The van der Waals surface area contributed by atoms with Gasteiger partial charge in [-0.2, -0.15) is 17.5 Å². The molecule has 7 nitrogen and oxygen atoms in total. The molecule has 1 saturated heterocycles. The van der Waals surface area contributed by atoms with Crippen LogP contribution in [-0.2, 0) is 27.5 Å². The lowest BCUT2D eigenvalue weighted by Crippen LogP contribution is -2.37. The number of nitrogens with one attached hydrogen (secondary N) is 1. The highest BCUT2D eigenvalue weighted by molar-refractivity contribution is 7.89. The van der Waals surface area contributed by atoms with E-state index in [1.165, 1.54) is 28.6 Å². The van der Waals surface area contributed by atoms with Crippen LogP contribution in [0.2, 0.25) is 0 Å². The number of hydrogen-bond donors (Lipinski definition) is 1. The number of pyridine rings is 1. The van der Waals surface area contributed by atoms with Crippen molar-refractivity contribution >= 4 is 21.6 Å². The second-order valence-corrected chi connectivity index (χ2v) is 9.45. The topological polar surface area (TPSA) is 88.5 Å². The molecule has 0 spiro atoms. The highest BCUT2D eigenvalue weighted by Gasteiger charge is 2.34. The van der Waals surface area contributed by atoms with Crippen LogP contribution < -0.4 is 10.9 Å². The van der Waals surface area contributed by atoms with Crippen molar-refractivity contribution in [2.75, 3.05) is 18.4 Å². The summed E-state index contributed by atoms with van der Waals surface area (Å²) in [6, 6.07) is 7.20. The van der Waals surface area contributed by atoms with Crippen molar-refractivity contribution in [2.45, 2.75) is 37.4 Å². The first kappa shape index (κ1) is 23.0. The number of piperidine rings is 1. The maximum Gasteiger partial charge on any atom is 0.421 e. The van der Waals surface area contributed by atoms with Gasteiger partial charge in [0, 0.05) is 25.0 Å². The number of carbonyl (C=O) groups excluding carboxylic acids is 1. The van der Waals surface area contributed by atoms with Crippen molar-refractivity contribution < 1.29 is 26.4 Å². The van der Waals surface area contributed by atoms with Gasteiger partial charge in [0.1, 0.15) is 12.1 Å². The Morgan fingerprint density at radius 2 is 1.74 bits per heavy atom. The van der Waals surface area contributed by atoms with Gasteiger partial charge in [0.15, 0.2) is 0 Å². The quantitative estimate of drug-likeness (QED) is 0.748. The molecule has 11 heteroatoms. The normalized spacial score (nSPS) is 16.3. The zero-order valence-electron chi connectivity index (χ0n) is 16.7. The number of amides is 1. The van der Waals surface area contributed by atoms with Crippen molar-refractivity contribution in [1.29, 1.82) is 0 Å². The van der Waals surface area contributed by atoms with Gasteiger partial charge in [-0.25, -0.2) is 8.42 Å². The molecule has 31 heavy (non-hydrogen) atoms. The maximum atomic E-state index is 12.8. The van der Waals surface area contributed by atoms with E-state index < -0.39 is 39.8 Å². The summed E-state index contributed by atoms with van der Waals surface area (Å²) in [6.45, 7) is 2.37. The molecular formula is C20H22F3N3O4S. The maximum absolute atomic E-state index is 12.8. The molecule has 1 aromatic heterocycles. The molecule has 0 atom stereocenters. The lowest BCUT2D eigenvalue weighted by molar-refractivity contribution is -0.139. The molecule has 1 fully saturated rings. The summed E-state index contributed by atoms with van der Waals surface area (Å²) in [7, 11) is -3.63. The molecule has 0 bridgehead atoms. The Morgan fingerprint density at radius 1 is 1.13 bits per heavy atom. The van der Waals surface area contributed by atoms with E-state index in [9.17, 15) is 31.2 Å². The van der Waals surface area contributed by atoms with E-state index in [1.807, 2.05) is 0 Å². The minimum Gasteiger partial charge on any atom is -0.325 e. The molecule has 0 radical (unpaired) electrons. The second kappa shape index (κ2) is 8.83. The predicted molar refractivity (Wildman–Crippen MR) is 108 cm³/mol. The van der Waals surface area contributed by atoms with Crippen molar-refractivity contribution in [3.8, 4) is 0 Å². The zero-order chi connectivity index (χ0) is 22.8. The van der Waals surface area contributed by atoms with Crippen LogP contribution in [-0.4, -0.2) is 36.3 Å². The van der Waals surface area contributed by atoms with Crippen LogP contribution in [0.25, 0.3) is 0 Å². The van der Waals surface area contributed by atoms with Gasteiger partial charge < -0.3 is 9.88 Å².